The molecule has 0 aliphatic carbocycles. The van der Waals surface area contributed by atoms with E-state index >= 15 is 0 Å². The third kappa shape index (κ3) is 3.00. The standard InChI is InChI=1S/C14H14ClN3O2/c1-18(2)13-11(15)4-3-5-12(13)17-14(20)9-6-10(19)8-16-7-9/h3-8,19H,1-2H3,(H,17,20). The molecule has 2 N–H and O–H groups in total. The molecule has 104 valence electrons. The first-order chi connectivity index (χ1) is 9.49. The highest BCUT2D eigenvalue weighted by molar-refractivity contribution is 6.34. The predicted molar refractivity (Wildman–Crippen MR) is 79.6 cm³/mol. The van der Waals surface area contributed by atoms with Gasteiger partial charge in [-0.3, -0.25) is 9.78 Å². The molecule has 0 spiro atoms. The molecule has 0 aliphatic rings. The average Bonchev–Trinajstić information content (AvgIpc) is 2.38. The zero-order valence-electron chi connectivity index (χ0n) is 11.1. The Hall–Kier alpha value is -2.27. The van der Waals surface area contributed by atoms with Gasteiger partial charge in [0.05, 0.1) is 28.2 Å². The van der Waals surface area contributed by atoms with Crippen molar-refractivity contribution >= 4 is 28.9 Å². The summed E-state index contributed by atoms with van der Waals surface area (Å²) in [4.78, 5) is 17.7. The Morgan fingerprint density at radius 3 is 2.75 bits per heavy atom. The van der Waals surface area contributed by atoms with Gasteiger partial charge in [-0.25, -0.2) is 0 Å². The number of halogens is 1. The lowest BCUT2D eigenvalue weighted by molar-refractivity contribution is 0.102. The van der Waals surface area contributed by atoms with Gasteiger partial charge < -0.3 is 15.3 Å². The van der Waals surface area contributed by atoms with Crippen molar-refractivity contribution < 1.29 is 9.90 Å². The van der Waals surface area contributed by atoms with E-state index in [0.717, 1.165) is 5.69 Å². The first-order valence-electron chi connectivity index (χ1n) is 5.90. The van der Waals surface area contributed by atoms with E-state index < -0.39 is 0 Å². The molecule has 1 amide bonds. The molecule has 2 aromatic rings. The number of carbonyl (C=O) groups excluding carboxylic acids is 1. The van der Waals surface area contributed by atoms with Gasteiger partial charge in [0.2, 0.25) is 0 Å². The molecule has 5 nitrogen and oxygen atoms in total. The topological polar surface area (TPSA) is 65.5 Å². The summed E-state index contributed by atoms with van der Waals surface area (Å²) in [5, 5.41) is 12.6. The van der Waals surface area contributed by atoms with Crippen LogP contribution in [0.25, 0.3) is 0 Å². The normalized spacial score (nSPS) is 10.2. The molecule has 20 heavy (non-hydrogen) atoms. The summed E-state index contributed by atoms with van der Waals surface area (Å²) in [5.74, 6) is -0.421. The summed E-state index contributed by atoms with van der Waals surface area (Å²) < 4.78 is 0. The summed E-state index contributed by atoms with van der Waals surface area (Å²) in [6.07, 6.45) is 2.65. The van der Waals surface area contributed by atoms with Crippen LogP contribution in [-0.4, -0.2) is 30.1 Å². The molecule has 1 aromatic carbocycles. The van der Waals surface area contributed by atoms with E-state index in [2.05, 4.69) is 10.3 Å². The van der Waals surface area contributed by atoms with Crippen LogP contribution >= 0.6 is 11.6 Å². The third-order valence-corrected chi connectivity index (χ3v) is 2.97. The third-order valence-electron chi connectivity index (χ3n) is 2.67. The van der Waals surface area contributed by atoms with Crippen LogP contribution in [0.4, 0.5) is 11.4 Å². The van der Waals surface area contributed by atoms with Crippen molar-refractivity contribution in [3.63, 3.8) is 0 Å². The van der Waals surface area contributed by atoms with Gasteiger partial charge >= 0.3 is 0 Å². The maximum atomic E-state index is 12.1. The van der Waals surface area contributed by atoms with E-state index in [0.29, 0.717) is 10.7 Å². The second kappa shape index (κ2) is 5.79. The van der Waals surface area contributed by atoms with E-state index in [1.165, 1.54) is 18.5 Å². The Balaban J connectivity index is 2.31. The first kappa shape index (κ1) is 14.1. The molecular formula is C14H14ClN3O2. The fourth-order valence-corrected chi connectivity index (χ4v) is 2.16. The van der Waals surface area contributed by atoms with Crippen LogP contribution in [0.1, 0.15) is 10.4 Å². The molecule has 0 radical (unpaired) electrons. The van der Waals surface area contributed by atoms with Crippen molar-refractivity contribution in [1.82, 2.24) is 4.98 Å². The lowest BCUT2D eigenvalue weighted by Crippen LogP contribution is -2.17. The van der Waals surface area contributed by atoms with Crippen LogP contribution in [-0.2, 0) is 0 Å². The molecule has 0 bridgehead atoms. The molecule has 2 rings (SSSR count). The van der Waals surface area contributed by atoms with Crippen LogP contribution in [0.5, 0.6) is 5.75 Å². The Bertz CT molecular complexity index is 644. The highest BCUT2D eigenvalue weighted by Gasteiger charge is 2.13. The van der Waals surface area contributed by atoms with E-state index in [1.54, 1.807) is 18.2 Å². The lowest BCUT2D eigenvalue weighted by Gasteiger charge is -2.19. The molecule has 0 aliphatic heterocycles. The van der Waals surface area contributed by atoms with Gasteiger partial charge in [0, 0.05) is 20.3 Å². The first-order valence-corrected chi connectivity index (χ1v) is 6.28. The van der Waals surface area contributed by atoms with Gasteiger partial charge in [-0.15, -0.1) is 0 Å². The molecule has 6 heteroatoms. The number of para-hydroxylation sites is 1. The minimum Gasteiger partial charge on any atom is -0.506 e. The van der Waals surface area contributed by atoms with Crippen molar-refractivity contribution in [2.75, 3.05) is 24.3 Å². The number of aromatic nitrogens is 1. The SMILES string of the molecule is CN(C)c1c(Cl)cccc1NC(=O)c1cncc(O)c1. The second-order valence-electron chi connectivity index (χ2n) is 4.42. The maximum absolute atomic E-state index is 12.1. The van der Waals surface area contributed by atoms with Crippen molar-refractivity contribution in [2.45, 2.75) is 0 Å². The van der Waals surface area contributed by atoms with Gasteiger partial charge in [-0.1, -0.05) is 17.7 Å². The van der Waals surface area contributed by atoms with E-state index in [9.17, 15) is 9.90 Å². The number of carbonyl (C=O) groups is 1. The van der Waals surface area contributed by atoms with Crippen LogP contribution < -0.4 is 10.2 Å². The quantitative estimate of drug-likeness (QED) is 0.912. The fourth-order valence-electron chi connectivity index (χ4n) is 1.82. The number of pyridine rings is 1. The number of aromatic hydroxyl groups is 1. The zero-order valence-corrected chi connectivity index (χ0v) is 11.8. The summed E-state index contributed by atoms with van der Waals surface area (Å²) in [6, 6.07) is 6.62. The Labute approximate surface area is 121 Å². The Morgan fingerprint density at radius 1 is 1.35 bits per heavy atom. The van der Waals surface area contributed by atoms with E-state index in [-0.39, 0.29) is 17.2 Å². The molecule has 1 heterocycles. The predicted octanol–water partition coefficient (Wildman–Crippen LogP) is 2.76. The van der Waals surface area contributed by atoms with E-state index in [1.807, 2.05) is 19.0 Å². The van der Waals surface area contributed by atoms with Crippen LogP contribution in [0.15, 0.2) is 36.7 Å². The van der Waals surface area contributed by atoms with Gasteiger partial charge in [0.25, 0.3) is 5.91 Å². The molecule has 1 aromatic heterocycles. The van der Waals surface area contributed by atoms with Crippen LogP contribution in [0.3, 0.4) is 0 Å². The minimum absolute atomic E-state index is 0.0587. The minimum atomic E-state index is -0.362. The monoisotopic (exact) mass is 291 g/mol. The number of nitrogens with zero attached hydrogens (tertiary/aromatic N) is 2. The van der Waals surface area contributed by atoms with Crippen LogP contribution in [0.2, 0.25) is 5.02 Å². The Morgan fingerprint density at radius 2 is 2.10 bits per heavy atom. The number of benzene rings is 1. The summed E-state index contributed by atoms with van der Waals surface area (Å²) >= 11 is 6.13. The highest BCUT2D eigenvalue weighted by Crippen LogP contribution is 2.32. The molecule has 0 saturated carbocycles. The average molecular weight is 292 g/mol. The second-order valence-corrected chi connectivity index (χ2v) is 4.82. The molecule has 0 saturated heterocycles. The summed E-state index contributed by atoms with van der Waals surface area (Å²) in [5.41, 5.74) is 1.58. The number of amides is 1. The maximum Gasteiger partial charge on any atom is 0.257 e. The molecular weight excluding hydrogens is 278 g/mol. The lowest BCUT2D eigenvalue weighted by atomic mass is 10.2. The summed E-state index contributed by atoms with van der Waals surface area (Å²) in [6.45, 7) is 0. The largest absolute Gasteiger partial charge is 0.506 e. The van der Waals surface area contributed by atoms with Crippen molar-refractivity contribution in [3.05, 3.63) is 47.2 Å². The fraction of sp³-hybridized carbons (Fsp3) is 0.143. The van der Waals surface area contributed by atoms with Gasteiger partial charge in [0.15, 0.2) is 0 Å². The number of rotatable bonds is 3. The number of hydrogen-bond acceptors (Lipinski definition) is 4. The van der Waals surface area contributed by atoms with E-state index in [4.69, 9.17) is 11.6 Å². The van der Waals surface area contributed by atoms with Gasteiger partial charge in [-0.05, 0) is 18.2 Å². The number of anilines is 2. The highest BCUT2D eigenvalue weighted by atomic mass is 35.5. The smallest absolute Gasteiger partial charge is 0.257 e. The van der Waals surface area contributed by atoms with Crippen molar-refractivity contribution in [3.8, 4) is 5.75 Å². The van der Waals surface area contributed by atoms with Gasteiger partial charge in [-0.2, -0.15) is 0 Å². The molecule has 0 fully saturated rings. The molecule has 0 unspecified atom stereocenters. The number of hydrogen-bond donors (Lipinski definition) is 2. The summed E-state index contributed by atoms with van der Waals surface area (Å²) in [7, 11) is 3.68. The number of nitrogens with one attached hydrogen (secondary N) is 1. The van der Waals surface area contributed by atoms with Crippen LogP contribution in [0, 0.1) is 0 Å². The zero-order chi connectivity index (χ0) is 14.7. The van der Waals surface area contributed by atoms with Crippen molar-refractivity contribution in [1.29, 1.82) is 0 Å². The Kier molecular flexibility index (Phi) is 4.10. The van der Waals surface area contributed by atoms with Gasteiger partial charge in [0.1, 0.15) is 5.75 Å². The molecule has 0 atom stereocenters. The van der Waals surface area contributed by atoms with Crippen molar-refractivity contribution in [2.24, 2.45) is 0 Å².